The number of carbonyl (C=O) groups excluding carboxylic acids is 1. The number of nitrogens with one attached hydrogen (secondary N) is 1. The zero-order valence-electron chi connectivity index (χ0n) is 16.8. The van der Waals surface area contributed by atoms with Gasteiger partial charge in [0.05, 0.1) is 12.6 Å². The van der Waals surface area contributed by atoms with Crippen molar-refractivity contribution < 1.29 is 40.6 Å². The summed E-state index contributed by atoms with van der Waals surface area (Å²) in [4.78, 5) is 36.7. The molecule has 1 aromatic rings. The maximum atomic E-state index is 11.9. The largest absolute Gasteiger partial charge is 0.358 e. The molecule has 1 N–H and O–H groups in total. The van der Waals surface area contributed by atoms with E-state index < -0.39 is 11.2 Å². The van der Waals surface area contributed by atoms with Gasteiger partial charge in [-0.3, -0.25) is 14.3 Å². The molecule has 0 aliphatic heterocycles. The van der Waals surface area contributed by atoms with Crippen LogP contribution in [-0.4, -0.2) is 22.1 Å². The number of allylic oxidation sites excluding steroid dienone is 3. The SMILES string of the molecule is CCOC(=O)/C=C/C1=C[C@H](n2ccc(=O)[nH]c2=O)C[C@@H]1CC.[C-]#[O+].[C-]#[O+].[C-]#[O+].[CH3-].[Fe]. The molecule has 0 spiro atoms. The summed E-state index contributed by atoms with van der Waals surface area (Å²) in [5.41, 5.74) is 0.190. The number of rotatable bonds is 5. The Hall–Kier alpha value is -2.63. The third-order valence-corrected chi connectivity index (χ3v) is 3.78. The molecule has 0 saturated carbocycles. The van der Waals surface area contributed by atoms with Gasteiger partial charge in [0.15, 0.2) is 0 Å². The molecule has 30 heavy (non-hydrogen) atoms. The van der Waals surface area contributed by atoms with Crippen molar-refractivity contribution >= 4 is 5.97 Å². The van der Waals surface area contributed by atoms with Crippen molar-refractivity contribution in [2.75, 3.05) is 6.61 Å². The van der Waals surface area contributed by atoms with Crippen molar-refractivity contribution in [2.45, 2.75) is 32.7 Å². The second kappa shape index (κ2) is 21.1. The zero-order chi connectivity index (χ0) is 22.1. The van der Waals surface area contributed by atoms with Crippen LogP contribution in [-0.2, 0) is 40.6 Å². The third kappa shape index (κ3) is 11.4. The summed E-state index contributed by atoms with van der Waals surface area (Å²) < 4.78 is 28.9. The molecule has 1 aliphatic rings. The number of esters is 1. The van der Waals surface area contributed by atoms with Crippen LogP contribution in [0.5, 0.6) is 0 Å². The van der Waals surface area contributed by atoms with Crippen LogP contribution >= 0.6 is 0 Å². The predicted octanol–water partition coefficient (Wildman–Crippen LogP) is 1.89. The summed E-state index contributed by atoms with van der Waals surface area (Å²) in [6.45, 7) is 17.7. The molecule has 9 nitrogen and oxygen atoms in total. The minimum Gasteiger partial charge on any atom is -0.358 e. The van der Waals surface area contributed by atoms with E-state index in [-0.39, 0.29) is 42.4 Å². The van der Waals surface area contributed by atoms with Crippen LogP contribution in [0.25, 0.3) is 0 Å². The molecular weight excluding hydrogens is 436 g/mol. The summed E-state index contributed by atoms with van der Waals surface area (Å²) in [6.07, 6.45) is 8.31. The number of ether oxygens (including phenoxy) is 1. The van der Waals surface area contributed by atoms with Gasteiger partial charge in [0.25, 0.3) is 5.56 Å². The number of aromatic nitrogens is 2. The first-order chi connectivity index (χ1) is 13.5. The van der Waals surface area contributed by atoms with Gasteiger partial charge in [-0.25, -0.2) is 9.59 Å². The molecule has 0 aromatic carbocycles. The molecule has 164 valence electrons. The Morgan fingerprint density at radius 2 is 1.80 bits per heavy atom. The quantitative estimate of drug-likeness (QED) is 0.236. The van der Waals surface area contributed by atoms with Gasteiger partial charge in [0.2, 0.25) is 0 Å². The van der Waals surface area contributed by atoms with Gasteiger partial charge >= 0.3 is 45.6 Å². The second-order valence-electron chi connectivity index (χ2n) is 5.18. The van der Waals surface area contributed by atoms with Gasteiger partial charge in [-0.2, -0.15) is 0 Å². The Balaban J connectivity index is -0.000000388. The van der Waals surface area contributed by atoms with E-state index >= 15 is 0 Å². The van der Waals surface area contributed by atoms with Crippen LogP contribution in [0.4, 0.5) is 0 Å². The number of aromatic amines is 1. The first-order valence-electron chi connectivity index (χ1n) is 8.04. The van der Waals surface area contributed by atoms with E-state index in [1.54, 1.807) is 13.0 Å². The molecule has 1 aliphatic carbocycles. The van der Waals surface area contributed by atoms with Crippen LogP contribution in [0, 0.1) is 33.3 Å². The van der Waals surface area contributed by atoms with Gasteiger partial charge in [0.1, 0.15) is 0 Å². The summed E-state index contributed by atoms with van der Waals surface area (Å²) in [6, 6.07) is 1.22. The summed E-state index contributed by atoms with van der Waals surface area (Å²) in [5, 5.41) is 0. The van der Waals surface area contributed by atoms with Crippen molar-refractivity contribution in [1.29, 1.82) is 0 Å². The third-order valence-electron chi connectivity index (χ3n) is 3.78. The van der Waals surface area contributed by atoms with Crippen LogP contribution in [0.2, 0.25) is 0 Å². The van der Waals surface area contributed by atoms with Crippen LogP contribution in [0.1, 0.15) is 32.7 Å². The molecule has 0 fully saturated rings. The molecule has 0 saturated heterocycles. The number of H-pyrrole nitrogens is 1. The van der Waals surface area contributed by atoms with Crippen molar-refractivity contribution in [3.8, 4) is 0 Å². The molecule has 0 amide bonds. The smallest absolute Gasteiger partial charge is 0 e. The van der Waals surface area contributed by atoms with Gasteiger partial charge in [-0.1, -0.05) is 19.1 Å². The standard InChI is InChI=1S/C16H20N2O4.3CO.CH3.Fe/c1-3-11-9-13(18-8-7-14(19)17-16(18)21)10-12(11)5-6-15(20)22-4-2;3*1-2;;/h5-8,10-11,13H,3-4,9H2,1-2H3,(H,17,19,21);;;;1H3;/q;;;;-1;/b6-5+;;;;;/t11-,13+;;;;;/m0...../s1. The monoisotopic (exact) mass is 459 g/mol. The fourth-order valence-electron chi connectivity index (χ4n) is 2.68. The normalized spacial score (nSPS) is 15.7. The topological polar surface area (TPSA) is 141 Å². The molecule has 1 aromatic heterocycles. The van der Waals surface area contributed by atoms with E-state index in [1.807, 2.05) is 6.08 Å². The number of hydrogen-bond donors (Lipinski definition) is 1. The van der Waals surface area contributed by atoms with Crippen LogP contribution in [0.3, 0.4) is 0 Å². The molecule has 2 rings (SSSR count). The predicted molar refractivity (Wildman–Crippen MR) is 101 cm³/mol. The van der Waals surface area contributed by atoms with Crippen LogP contribution < -0.4 is 11.2 Å². The van der Waals surface area contributed by atoms with E-state index in [4.69, 9.17) is 18.7 Å². The van der Waals surface area contributed by atoms with Gasteiger partial charge < -0.3 is 12.2 Å². The molecule has 1 heterocycles. The Labute approximate surface area is 185 Å². The number of hydrogen-bond acceptors (Lipinski definition) is 4. The van der Waals surface area contributed by atoms with Crippen molar-refractivity contribution in [3.63, 3.8) is 0 Å². The fraction of sp³-hybridized carbons (Fsp3) is 0.350. The Bertz CT molecular complexity index is 833. The Morgan fingerprint density at radius 1 is 1.23 bits per heavy atom. The van der Waals surface area contributed by atoms with Crippen LogP contribution in [0.15, 0.2) is 45.7 Å². The van der Waals surface area contributed by atoms with E-state index in [9.17, 15) is 14.4 Å². The van der Waals surface area contributed by atoms with Crippen molar-refractivity contribution in [1.82, 2.24) is 9.55 Å². The maximum Gasteiger partial charge on any atom is 0 e. The molecule has 0 unspecified atom stereocenters. The van der Waals surface area contributed by atoms with Crippen molar-refractivity contribution in [3.05, 3.63) is 84.3 Å². The number of nitrogens with zero attached hydrogens (tertiary/aromatic N) is 1. The molecular formula is C20H23FeN2O7-. The Morgan fingerprint density at radius 3 is 2.27 bits per heavy atom. The second-order valence-corrected chi connectivity index (χ2v) is 5.18. The van der Waals surface area contributed by atoms with Gasteiger partial charge in [0, 0.05) is 35.4 Å². The summed E-state index contributed by atoms with van der Waals surface area (Å²) in [5.74, 6) is -0.0996. The number of carbonyl (C=O) groups is 1. The van der Waals surface area contributed by atoms with Crippen molar-refractivity contribution in [2.24, 2.45) is 5.92 Å². The first kappa shape index (κ1) is 34.8. The molecule has 0 bridgehead atoms. The first-order valence-corrected chi connectivity index (χ1v) is 8.04. The molecule has 0 radical (unpaired) electrons. The Kier molecular flexibility index (Phi) is 24.5. The average molecular weight is 459 g/mol. The van der Waals surface area contributed by atoms with E-state index in [0.29, 0.717) is 6.61 Å². The molecule has 10 heteroatoms. The minimum atomic E-state index is -0.417. The minimum absolute atomic E-state index is 0. The zero-order valence-corrected chi connectivity index (χ0v) is 17.9. The maximum absolute atomic E-state index is 11.9. The van der Waals surface area contributed by atoms with Gasteiger partial charge in [-0.15, -0.1) is 0 Å². The van der Waals surface area contributed by atoms with E-state index in [2.05, 4.69) is 31.9 Å². The molecule has 2 atom stereocenters. The average Bonchev–Trinajstić information content (AvgIpc) is 3.14. The fourth-order valence-corrected chi connectivity index (χ4v) is 2.68. The van der Waals surface area contributed by atoms with E-state index in [0.717, 1.165) is 18.4 Å². The van der Waals surface area contributed by atoms with Gasteiger partial charge in [-0.05, 0) is 31.3 Å². The van der Waals surface area contributed by atoms with E-state index in [1.165, 1.54) is 22.9 Å². The summed E-state index contributed by atoms with van der Waals surface area (Å²) in [7, 11) is 0. The summed E-state index contributed by atoms with van der Waals surface area (Å²) >= 11 is 0.